The average molecular weight is 375 g/mol. The molecule has 140 valence electrons. The van der Waals surface area contributed by atoms with Crippen molar-refractivity contribution in [1.82, 2.24) is 15.2 Å². The van der Waals surface area contributed by atoms with Gasteiger partial charge < -0.3 is 15.0 Å². The smallest absolute Gasteiger partial charge is 0.387 e. The maximum absolute atomic E-state index is 14.0. The van der Waals surface area contributed by atoms with Gasteiger partial charge in [0, 0.05) is 25.7 Å². The van der Waals surface area contributed by atoms with Crippen LogP contribution in [-0.2, 0) is 0 Å². The molecule has 3 aromatic rings. The molecule has 0 spiro atoms. The summed E-state index contributed by atoms with van der Waals surface area (Å²) in [7, 11) is 3.59. The van der Waals surface area contributed by atoms with Gasteiger partial charge in [-0.05, 0) is 23.8 Å². The minimum Gasteiger partial charge on any atom is -0.435 e. The van der Waals surface area contributed by atoms with Crippen LogP contribution < -0.4 is 15.0 Å². The molecule has 0 saturated carbocycles. The second-order valence-electron chi connectivity index (χ2n) is 5.77. The molecule has 0 atom stereocenters. The summed E-state index contributed by atoms with van der Waals surface area (Å²) in [6.07, 6.45) is 2.64. The van der Waals surface area contributed by atoms with E-state index >= 15 is 0 Å². The van der Waals surface area contributed by atoms with E-state index in [1.807, 2.05) is 0 Å². The monoisotopic (exact) mass is 375 g/mol. The molecule has 0 amide bonds. The molecule has 1 aromatic carbocycles. The number of hydrogen-bond acceptors (Lipinski definition) is 6. The topological polar surface area (TPSA) is 63.2 Å². The Labute approximate surface area is 153 Å². The number of hydrogen-bond donors (Lipinski definition) is 1. The molecule has 0 aliphatic heterocycles. The highest BCUT2D eigenvalue weighted by Crippen LogP contribution is 2.26. The molecule has 27 heavy (non-hydrogen) atoms. The third kappa shape index (κ3) is 4.63. The van der Waals surface area contributed by atoms with Crippen LogP contribution in [0.1, 0.15) is 0 Å². The Morgan fingerprint density at radius 1 is 1.04 bits per heavy atom. The van der Waals surface area contributed by atoms with Crippen LogP contribution in [0.4, 0.5) is 30.5 Å². The second-order valence-corrected chi connectivity index (χ2v) is 5.77. The maximum Gasteiger partial charge on any atom is 0.387 e. The number of aromatic nitrogens is 3. The van der Waals surface area contributed by atoms with Crippen LogP contribution in [0.5, 0.6) is 5.75 Å². The summed E-state index contributed by atoms with van der Waals surface area (Å²) in [6, 6.07) is 9.33. The van der Waals surface area contributed by atoms with Gasteiger partial charge in [0.05, 0.1) is 18.1 Å². The van der Waals surface area contributed by atoms with Crippen molar-refractivity contribution >= 4 is 17.3 Å². The lowest BCUT2D eigenvalue weighted by Crippen LogP contribution is -2.11. The Bertz CT molecular complexity index is 919. The quantitative estimate of drug-likeness (QED) is 0.700. The first-order valence-corrected chi connectivity index (χ1v) is 7.90. The Morgan fingerprint density at radius 2 is 1.78 bits per heavy atom. The van der Waals surface area contributed by atoms with E-state index in [-0.39, 0.29) is 11.4 Å². The summed E-state index contributed by atoms with van der Waals surface area (Å²) in [4.78, 5) is 5.73. The molecule has 0 fully saturated rings. The van der Waals surface area contributed by atoms with Crippen LogP contribution in [-0.4, -0.2) is 35.9 Å². The summed E-state index contributed by atoms with van der Waals surface area (Å²) in [6.45, 7) is -2.88. The molecular formula is C18H16F3N5O. The van der Waals surface area contributed by atoms with Crippen LogP contribution in [0.3, 0.4) is 0 Å². The molecule has 0 saturated heterocycles. The molecule has 2 aromatic heterocycles. The number of benzene rings is 1. The number of nitrogens with zero attached hydrogens (tertiary/aromatic N) is 4. The first kappa shape index (κ1) is 18.4. The number of halogens is 3. The van der Waals surface area contributed by atoms with E-state index < -0.39 is 12.4 Å². The van der Waals surface area contributed by atoms with Crippen LogP contribution in [0.2, 0.25) is 0 Å². The zero-order chi connectivity index (χ0) is 19.4. The Morgan fingerprint density at radius 3 is 2.44 bits per heavy atom. The number of ether oxygens (including phenoxy) is 1. The van der Waals surface area contributed by atoms with Gasteiger partial charge in [-0.15, -0.1) is 5.10 Å². The van der Waals surface area contributed by atoms with Crippen molar-refractivity contribution in [3.05, 3.63) is 54.6 Å². The van der Waals surface area contributed by atoms with Gasteiger partial charge in [-0.25, -0.2) is 9.37 Å². The molecule has 3 rings (SSSR count). The second kappa shape index (κ2) is 7.90. The lowest BCUT2D eigenvalue weighted by Gasteiger charge is -2.14. The van der Waals surface area contributed by atoms with Crippen LogP contribution in [0.25, 0.3) is 11.1 Å². The van der Waals surface area contributed by atoms with Crippen molar-refractivity contribution in [2.45, 2.75) is 6.61 Å². The molecule has 0 unspecified atom stereocenters. The van der Waals surface area contributed by atoms with Gasteiger partial charge in [-0.1, -0.05) is 12.1 Å². The molecule has 0 radical (unpaired) electrons. The summed E-state index contributed by atoms with van der Waals surface area (Å²) in [5.41, 5.74) is 1.61. The SMILES string of the molecule is CN(C)c1cc(Nc2cc(-c3ccc(OC(F)F)cc3)cnn2)c(F)cn1. The standard InChI is InChI=1S/C18H16F3N5O/c1-26(2)17-8-15(14(19)10-22-17)24-16-7-12(9-23-25-16)11-3-5-13(6-4-11)27-18(20)21/h3-10,18H,1-2H3,(H,22,24,25). The highest BCUT2D eigenvalue weighted by molar-refractivity contribution is 5.69. The van der Waals surface area contributed by atoms with E-state index in [0.29, 0.717) is 17.2 Å². The maximum atomic E-state index is 14.0. The molecule has 9 heteroatoms. The van der Waals surface area contributed by atoms with Crippen molar-refractivity contribution in [3.63, 3.8) is 0 Å². The van der Waals surface area contributed by atoms with Gasteiger partial charge in [-0.3, -0.25) is 0 Å². The van der Waals surface area contributed by atoms with E-state index in [4.69, 9.17) is 0 Å². The number of anilines is 3. The summed E-state index contributed by atoms with van der Waals surface area (Å²) in [5, 5.41) is 10.7. The number of rotatable bonds is 6. The van der Waals surface area contributed by atoms with Crippen molar-refractivity contribution < 1.29 is 17.9 Å². The van der Waals surface area contributed by atoms with Gasteiger partial charge in [0.15, 0.2) is 11.6 Å². The van der Waals surface area contributed by atoms with Crippen LogP contribution in [0.15, 0.2) is 48.8 Å². The molecule has 0 bridgehead atoms. The van der Waals surface area contributed by atoms with Gasteiger partial charge >= 0.3 is 6.61 Å². The van der Waals surface area contributed by atoms with Crippen molar-refractivity contribution in [1.29, 1.82) is 0 Å². The van der Waals surface area contributed by atoms with Crippen LogP contribution >= 0.6 is 0 Å². The Balaban J connectivity index is 1.83. The minimum absolute atomic E-state index is 0.0594. The van der Waals surface area contributed by atoms with Gasteiger partial charge in [0.25, 0.3) is 0 Å². The zero-order valence-electron chi connectivity index (χ0n) is 14.5. The summed E-state index contributed by atoms with van der Waals surface area (Å²) in [5.74, 6) is 0.443. The first-order chi connectivity index (χ1) is 12.9. The molecule has 1 N–H and O–H groups in total. The van der Waals surface area contributed by atoms with E-state index in [9.17, 15) is 13.2 Å². The predicted molar refractivity (Wildman–Crippen MR) is 95.9 cm³/mol. The molecule has 0 aliphatic rings. The summed E-state index contributed by atoms with van der Waals surface area (Å²) < 4.78 is 42.8. The van der Waals surface area contributed by atoms with Crippen molar-refractivity contribution in [2.24, 2.45) is 0 Å². The van der Waals surface area contributed by atoms with E-state index in [2.05, 4.69) is 25.2 Å². The van der Waals surface area contributed by atoms with Crippen molar-refractivity contribution in [3.8, 4) is 16.9 Å². The predicted octanol–water partition coefficient (Wildman–Crippen LogP) is 4.09. The molecule has 2 heterocycles. The van der Waals surface area contributed by atoms with Crippen molar-refractivity contribution in [2.75, 3.05) is 24.3 Å². The van der Waals surface area contributed by atoms with Gasteiger partial charge in [0.1, 0.15) is 11.6 Å². The summed E-state index contributed by atoms with van der Waals surface area (Å²) >= 11 is 0. The van der Waals surface area contributed by atoms with Gasteiger partial charge in [-0.2, -0.15) is 13.9 Å². The lowest BCUT2D eigenvalue weighted by molar-refractivity contribution is -0.0498. The highest BCUT2D eigenvalue weighted by atomic mass is 19.3. The normalized spacial score (nSPS) is 10.7. The van der Waals surface area contributed by atoms with E-state index in [1.54, 1.807) is 43.3 Å². The first-order valence-electron chi connectivity index (χ1n) is 7.90. The average Bonchev–Trinajstić information content (AvgIpc) is 2.64. The Kier molecular flexibility index (Phi) is 5.39. The van der Waals surface area contributed by atoms with Crippen LogP contribution in [0, 0.1) is 5.82 Å². The fourth-order valence-electron chi connectivity index (χ4n) is 2.32. The highest BCUT2D eigenvalue weighted by Gasteiger charge is 2.09. The molecule has 0 aliphatic carbocycles. The number of pyridine rings is 1. The lowest BCUT2D eigenvalue weighted by atomic mass is 10.1. The molecule has 6 nitrogen and oxygen atoms in total. The largest absolute Gasteiger partial charge is 0.435 e. The van der Waals surface area contributed by atoms with E-state index in [1.165, 1.54) is 18.3 Å². The fourth-order valence-corrected chi connectivity index (χ4v) is 2.32. The minimum atomic E-state index is -2.88. The zero-order valence-corrected chi connectivity index (χ0v) is 14.5. The molecular weight excluding hydrogens is 359 g/mol. The number of alkyl halides is 2. The van der Waals surface area contributed by atoms with Gasteiger partial charge in [0.2, 0.25) is 0 Å². The third-order valence-corrected chi connectivity index (χ3v) is 3.63. The Hall–Kier alpha value is -3.36. The third-order valence-electron chi connectivity index (χ3n) is 3.63. The van der Waals surface area contributed by atoms with E-state index in [0.717, 1.165) is 11.8 Å². The number of nitrogens with one attached hydrogen (secondary N) is 1. The fraction of sp³-hybridized carbons (Fsp3) is 0.167.